The Bertz CT molecular complexity index is 437. The smallest absolute Gasteiger partial charge is 0.294 e. The van der Waals surface area contributed by atoms with E-state index in [1.165, 1.54) is 0 Å². The van der Waals surface area contributed by atoms with E-state index < -0.39 is 11.5 Å². The van der Waals surface area contributed by atoms with Crippen LogP contribution in [0.25, 0.3) is 0 Å². The summed E-state index contributed by atoms with van der Waals surface area (Å²) in [5.41, 5.74) is -0.493. The summed E-state index contributed by atoms with van der Waals surface area (Å²) in [6.07, 6.45) is -0.198. The molecule has 0 aromatic carbocycles. The highest BCUT2D eigenvalue weighted by molar-refractivity contribution is 7.71. The standard InChI is InChI=1S/C6H8N4O3S/c11-3(12)1-2-7-4-5(13)8-6(14)10-9-4/h1-2H2,(H,7,9)(H,11,12)(H2,8,10,13,14)/p-1. The van der Waals surface area contributed by atoms with Gasteiger partial charge in [0, 0.05) is 18.9 Å². The SMILES string of the molecule is O=C([O-])CCNc1n[nH]c(=S)[nH]c1=O. The summed E-state index contributed by atoms with van der Waals surface area (Å²) in [6.45, 7) is 0.0724. The highest BCUT2D eigenvalue weighted by atomic mass is 32.1. The molecule has 0 fully saturated rings. The van der Waals surface area contributed by atoms with Crippen LogP contribution in [0.4, 0.5) is 5.82 Å². The molecule has 3 N–H and O–H groups in total. The van der Waals surface area contributed by atoms with Crippen molar-refractivity contribution < 1.29 is 9.90 Å². The highest BCUT2D eigenvalue weighted by Crippen LogP contribution is 1.88. The Morgan fingerprint density at radius 2 is 2.36 bits per heavy atom. The van der Waals surface area contributed by atoms with Crippen molar-refractivity contribution in [2.45, 2.75) is 6.42 Å². The number of nitrogens with zero attached hydrogens (tertiary/aromatic N) is 1. The van der Waals surface area contributed by atoms with Crippen molar-refractivity contribution in [3.8, 4) is 0 Å². The number of nitrogens with one attached hydrogen (secondary N) is 3. The van der Waals surface area contributed by atoms with Crippen LogP contribution in [0.1, 0.15) is 6.42 Å². The number of aliphatic carboxylic acids is 1. The molecule has 0 bridgehead atoms. The molecule has 1 aromatic heterocycles. The molecule has 7 nitrogen and oxygen atoms in total. The van der Waals surface area contributed by atoms with Crippen molar-refractivity contribution in [3.05, 3.63) is 15.1 Å². The topological polar surface area (TPSA) is 114 Å². The molecule has 0 saturated carbocycles. The molecule has 1 rings (SSSR count). The Balaban J connectivity index is 2.64. The lowest BCUT2D eigenvalue weighted by atomic mass is 10.4. The van der Waals surface area contributed by atoms with E-state index in [9.17, 15) is 14.7 Å². The number of rotatable bonds is 4. The molecule has 0 aliphatic carbocycles. The van der Waals surface area contributed by atoms with Gasteiger partial charge >= 0.3 is 0 Å². The predicted molar refractivity (Wildman–Crippen MR) is 48.2 cm³/mol. The lowest BCUT2D eigenvalue weighted by Crippen LogP contribution is -2.26. The van der Waals surface area contributed by atoms with Gasteiger partial charge < -0.3 is 15.2 Å². The van der Waals surface area contributed by atoms with E-state index in [-0.39, 0.29) is 23.6 Å². The van der Waals surface area contributed by atoms with Gasteiger partial charge in [0.25, 0.3) is 5.56 Å². The first-order chi connectivity index (χ1) is 6.59. The highest BCUT2D eigenvalue weighted by Gasteiger charge is 1.98. The summed E-state index contributed by atoms with van der Waals surface area (Å²) in [6, 6.07) is 0. The number of anilines is 1. The molecule has 14 heavy (non-hydrogen) atoms. The second kappa shape index (κ2) is 4.51. The minimum absolute atomic E-state index is 0.000139. The molecule has 1 heterocycles. The minimum Gasteiger partial charge on any atom is -0.550 e. The molecule has 1 aromatic rings. The van der Waals surface area contributed by atoms with E-state index in [0.717, 1.165) is 0 Å². The number of carboxylic acid groups (broad SMARTS) is 1. The first-order valence-corrected chi connectivity index (χ1v) is 4.13. The van der Waals surface area contributed by atoms with Crippen molar-refractivity contribution in [1.82, 2.24) is 15.2 Å². The van der Waals surface area contributed by atoms with Gasteiger partial charge in [0.1, 0.15) is 0 Å². The van der Waals surface area contributed by atoms with Gasteiger partial charge in [0.15, 0.2) is 4.77 Å². The maximum absolute atomic E-state index is 11.1. The van der Waals surface area contributed by atoms with Gasteiger partial charge in [0.2, 0.25) is 5.82 Å². The summed E-state index contributed by atoms with van der Waals surface area (Å²) in [4.78, 5) is 23.4. The Labute approximate surface area is 83.2 Å². The largest absolute Gasteiger partial charge is 0.550 e. The van der Waals surface area contributed by atoms with Crippen molar-refractivity contribution in [3.63, 3.8) is 0 Å². The van der Waals surface area contributed by atoms with Crippen LogP contribution in [0.3, 0.4) is 0 Å². The Hall–Kier alpha value is -1.70. The van der Waals surface area contributed by atoms with Crippen LogP contribution in [-0.2, 0) is 4.79 Å². The van der Waals surface area contributed by atoms with Crippen LogP contribution in [0.15, 0.2) is 4.79 Å². The predicted octanol–water partition coefficient (Wildman–Crippen LogP) is -1.62. The van der Waals surface area contributed by atoms with Gasteiger partial charge in [0.05, 0.1) is 0 Å². The maximum Gasteiger partial charge on any atom is 0.294 e. The molecule has 0 amide bonds. The Morgan fingerprint density at radius 1 is 1.64 bits per heavy atom. The number of hydrogen-bond acceptors (Lipinski definition) is 6. The lowest BCUT2D eigenvalue weighted by Gasteiger charge is -2.03. The van der Waals surface area contributed by atoms with Crippen LogP contribution in [-0.4, -0.2) is 27.7 Å². The zero-order valence-corrected chi connectivity index (χ0v) is 7.81. The monoisotopic (exact) mass is 215 g/mol. The summed E-state index contributed by atoms with van der Waals surface area (Å²) in [7, 11) is 0. The Morgan fingerprint density at radius 3 is 2.93 bits per heavy atom. The van der Waals surface area contributed by atoms with E-state index in [1.54, 1.807) is 0 Å². The number of carbonyl (C=O) groups excluding carboxylic acids is 1. The first kappa shape index (κ1) is 10.4. The quantitative estimate of drug-likeness (QED) is 0.520. The number of aromatic nitrogens is 3. The van der Waals surface area contributed by atoms with Crippen LogP contribution in [0.5, 0.6) is 0 Å². The normalized spacial score (nSPS) is 9.71. The second-order valence-electron chi connectivity index (χ2n) is 2.40. The molecule has 0 unspecified atom stereocenters. The molecular formula is C6H7N4O3S-. The molecule has 0 atom stereocenters. The second-order valence-corrected chi connectivity index (χ2v) is 2.81. The summed E-state index contributed by atoms with van der Waals surface area (Å²) in [5, 5.41) is 18.5. The fraction of sp³-hybridized carbons (Fsp3) is 0.333. The molecule has 0 spiro atoms. The van der Waals surface area contributed by atoms with Gasteiger partial charge in [-0.1, -0.05) is 0 Å². The zero-order chi connectivity index (χ0) is 10.6. The van der Waals surface area contributed by atoms with E-state index >= 15 is 0 Å². The fourth-order valence-corrected chi connectivity index (χ4v) is 0.889. The van der Waals surface area contributed by atoms with Crippen molar-refractivity contribution in [2.24, 2.45) is 0 Å². The molecule has 0 radical (unpaired) electrons. The fourth-order valence-electron chi connectivity index (χ4n) is 0.750. The number of hydrogen-bond donors (Lipinski definition) is 3. The van der Waals surface area contributed by atoms with E-state index in [0.29, 0.717) is 0 Å². The zero-order valence-electron chi connectivity index (χ0n) is 6.99. The van der Waals surface area contributed by atoms with Gasteiger partial charge in [-0.3, -0.25) is 14.9 Å². The molecular weight excluding hydrogens is 208 g/mol. The van der Waals surface area contributed by atoms with E-state index in [4.69, 9.17) is 0 Å². The number of aromatic amines is 2. The summed E-state index contributed by atoms with van der Waals surface area (Å²) >= 11 is 4.61. The Kier molecular flexibility index (Phi) is 3.35. The molecule has 8 heteroatoms. The average molecular weight is 215 g/mol. The van der Waals surface area contributed by atoms with E-state index in [1.807, 2.05) is 0 Å². The average Bonchev–Trinajstić information content (AvgIpc) is 2.08. The van der Waals surface area contributed by atoms with Gasteiger partial charge in [-0.25, -0.2) is 0 Å². The van der Waals surface area contributed by atoms with Crippen LogP contribution in [0.2, 0.25) is 0 Å². The summed E-state index contributed by atoms with van der Waals surface area (Å²) < 4.78 is 0.112. The van der Waals surface area contributed by atoms with Crippen molar-refractivity contribution in [2.75, 3.05) is 11.9 Å². The number of carbonyl (C=O) groups is 1. The van der Waals surface area contributed by atoms with Crippen LogP contribution in [0, 0.1) is 4.77 Å². The third-order valence-electron chi connectivity index (χ3n) is 1.33. The molecule has 0 aliphatic heterocycles. The number of carboxylic acids is 1. The third-order valence-corrected chi connectivity index (χ3v) is 1.53. The molecule has 0 aliphatic rings. The molecule has 76 valence electrons. The summed E-state index contributed by atoms with van der Waals surface area (Å²) in [5.74, 6) is -1.20. The minimum atomic E-state index is -1.20. The van der Waals surface area contributed by atoms with Crippen molar-refractivity contribution in [1.29, 1.82) is 0 Å². The van der Waals surface area contributed by atoms with Gasteiger partial charge in [-0.2, -0.15) is 0 Å². The maximum atomic E-state index is 11.1. The van der Waals surface area contributed by atoms with E-state index in [2.05, 4.69) is 32.7 Å². The van der Waals surface area contributed by atoms with Crippen LogP contribution >= 0.6 is 12.2 Å². The van der Waals surface area contributed by atoms with Gasteiger partial charge in [-0.15, -0.1) is 5.10 Å². The first-order valence-electron chi connectivity index (χ1n) is 3.72. The lowest BCUT2D eigenvalue weighted by molar-refractivity contribution is -0.305. The number of H-pyrrole nitrogens is 2. The van der Waals surface area contributed by atoms with Crippen LogP contribution < -0.4 is 16.0 Å². The van der Waals surface area contributed by atoms with Gasteiger partial charge in [-0.05, 0) is 12.2 Å². The van der Waals surface area contributed by atoms with Crippen molar-refractivity contribution >= 4 is 24.0 Å². The molecule has 0 saturated heterocycles. The third kappa shape index (κ3) is 2.98.